The van der Waals surface area contributed by atoms with Crippen molar-refractivity contribution in [2.24, 2.45) is 5.41 Å². The molecule has 2 heterocycles. The van der Waals surface area contributed by atoms with Gasteiger partial charge in [0.15, 0.2) is 11.5 Å². The first-order valence-electron chi connectivity index (χ1n) is 15.1. The van der Waals surface area contributed by atoms with E-state index < -0.39 is 0 Å². The van der Waals surface area contributed by atoms with Crippen molar-refractivity contribution in [3.05, 3.63) is 114 Å². The molecule has 0 unspecified atom stereocenters. The van der Waals surface area contributed by atoms with Gasteiger partial charge in [-0.05, 0) is 90.6 Å². The summed E-state index contributed by atoms with van der Waals surface area (Å²) in [5.41, 5.74) is 8.79. The highest BCUT2D eigenvalue weighted by molar-refractivity contribution is 5.86. The molecule has 0 spiro atoms. The van der Waals surface area contributed by atoms with Gasteiger partial charge >= 0.3 is 0 Å². The lowest BCUT2D eigenvalue weighted by atomic mass is 9.78. The Bertz CT molecular complexity index is 1490. The predicted molar refractivity (Wildman–Crippen MR) is 173 cm³/mol. The highest BCUT2D eigenvalue weighted by Gasteiger charge is 2.53. The van der Waals surface area contributed by atoms with Crippen molar-refractivity contribution < 1.29 is 4.74 Å². The molecular weight excluding hydrogens is 500 g/mol. The number of hydrogen-bond acceptors (Lipinski definition) is 3. The van der Waals surface area contributed by atoms with Crippen molar-refractivity contribution in [2.45, 2.75) is 79.2 Å². The number of anilines is 4. The number of fused-ring (bicyclic) bond motifs is 2. The molecule has 2 aliphatic rings. The SMILES string of the molecule is CC(C)c1cccc(C(C)C)c1N1[C](c2ccc(N3c4ccccc4Oc4ccccc43)cc2)C(C)(C)CC1(C)C. The molecule has 0 aliphatic carbocycles. The van der Waals surface area contributed by atoms with Gasteiger partial charge in [0.2, 0.25) is 0 Å². The van der Waals surface area contributed by atoms with Crippen molar-refractivity contribution in [1.29, 1.82) is 0 Å². The van der Waals surface area contributed by atoms with Gasteiger partial charge in [-0.1, -0.05) is 96.1 Å². The number of para-hydroxylation sites is 5. The van der Waals surface area contributed by atoms with Crippen molar-refractivity contribution in [3.8, 4) is 11.5 Å². The van der Waals surface area contributed by atoms with Gasteiger partial charge in [-0.15, -0.1) is 0 Å². The van der Waals surface area contributed by atoms with Crippen molar-refractivity contribution in [2.75, 3.05) is 9.80 Å². The van der Waals surface area contributed by atoms with E-state index in [1.54, 1.807) is 0 Å². The summed E-state index contributed by atoms with van der Waals surface area (Å²) in [6.07, 6.45) is 1.09. The van der Waals surface area contributed by atoms with Crippen molar-refractivity contribution in [3.63, 3.8) is 0 Å². The first-order valence-corrected chi connectivity index (χ1v) is 15.1. The van der Waals surface area contributed by atoms with Gasteiger partial charge in [0.1, 0.15) is 0 Å². The van der Waals surface area contributed by atoms with Gasteiger partial charge in [-0.2, -0.15) is 0 Å². The average molecular weight is 544 g/mol. The molecule has 41 heavy (non-hydrogen) atoms. The van der Waals surface area contributed by atoms with Crippen LogP contribution in [0.5, 0.6) is 11.5 Å². The molecule has 4 aromatic rings. The molecule has 6 rings (SSSR count). The summed E-state index contributed by atoms with van der Waals surface area (Å²) in [5, 5.41) is 0. The molecule has 0 bridgehead atoms. The van der Waals surface area contributed by atoms with Gasteiger partial charge in [0, 0.05) is 16.9 Å². The Morgan fingerprint density at radius 2 is 1.15 bits per heavy atom. The molecule has 3 heteroatoms. The van der Waals surface area contributed by atoms with Crippen LogP contribution >= 0.6 is 0 Å². The number of benzene rings is 4. The topological polar surface area (TPSA) is 15.7 Å². The monoisotopic (exact) mass is 543 g/mol. The zero-order valence-electron chi connectivity index (χ0n) is 25.8. The van der Waals surface area contributed by atoms with Crippen LogP contribution in [0.2, 0.25) is 0 Å². The van der Waals surface area contributed by atoms with Gasteiger partial charge < -0.3 is 14.5 Å². The van der Waals surface area contributed by atoms with Crippen molar-refractivity contribution in [1.82, 2.24) is 0 Å². The molecule has 0 saturated carbocycles. The maximum atomic E-state index is 6.26. The van der Waals surface area contributed by atoms with Crippen LogP contribution in [-0.2, 0) is 0 Å². The molecule has 1 radical (unpaired) electrons. The minimum atomic E-state index is -0.0196. The summed E-state index contributed by atoms with van der Waals surface area (Å²) in [4.78, 5) is 5.01. The van der Waals surface area contributed by atoms with E-state index >= 15 is 0 Å². The molecule has 0 aromatic heterocycles. The van der Waals surface area contributed by atoms with E-state index in [1.165, 1.54) is 28.4 Å². The fraction of sp³-hybridized carbons (Fsp3) is 0.342. The average Bonchev–Trinajstić information content (AvgIpc) is 3.13. The van der Waals surface area contributed by atoms with Crippen LogP contribution in [0.3, 0.4) is 0 Å². The van der Waals surface area contributed by atoms with Crippen LogP contribution in [0.25, 0.3) is 0 Å². The summed E-state index contributed by atoms with van der Waals surface area (Å²) < 4.78 is 6.26. The van der Waals surface area contributed by atoms with Crippen molar-refractivity contribution >= 4 is 22.7 Å². The van der Waals surface area contributed by atoms with Crippen LogP contribution in [0.1, 0.15) is 90.3 Å². The second-order valence-corrected chi connectivity index (χ2v) is 13.6. The van der Waals surface area contributed by atoms with E-state index in [1.807, 2.05) is 24.3 Å². The number of hydrogen-bond donors (Lipinski definition) is 0. The summed E-state index contributed by atoms with van der Waals surface area (Å²) in [7, 11) is 0. The van der Waals surface area contributed by atoms with Crippen LogP contribution in [0.4, 0.5) is 22.7 Å². The smallest absolute Gasteiger partial charge is 0.151 e. The van der Waals surface area contributed by atoms with Gasteiger partial charge in [0.05, 0.1) is 17.4 Å². The fourth-order valence-electron chi connectivity index (χ4n) is 7.31. The predicted octanol–water partition coefficient (Wildman–Crippen LogP) is 11.1. The van der Waals surface area contributed by atoms with E-state index in [0.717, 1.165) is 35.0 Å². The zero-order valence-corrected chi connectivity index (χ0v) is 25.8. The Labute approximate surface area is 246 Å². The molecule has 4 aromatic carbocycles. The number of nitrogens with zero attached hydrogens (tertiary/aromatic N) is 2. The molecule has 0 N–H and O–H groups in total. The molecule has 0 atom stereocenters. The summed E-state index contributed by atoms with van der Waals surface area (Å²) >= 11 is 0. The van der Waals surface area contributed by atoms with Gasteiger partial charge in [-0.25, -0.2) is 0 Å². The maximum absolute atomic E-state index is 6.26. The lowest BCUT2D eigenvalue weighted by Crippen LogP contribution is -2.42. The molecule has 1 fully saturated rings. The first-order chi connectivity index (χ1) is 19.5. The van der Waals surface area contributed by atoms with Crippen LogP contribution < -0.4 is 14.5 Å². The van der Waals surface area contributed by atoms with Gasteiger partial charge in [-0.3, -0.25) is 0 Å². The number of ether oxygens (including phenoxy) is 1. The van der Waals surface area contributed by atoms with Crippen LogP contribution in [0.15, 0.2) is 91.0 Å². The Hall–Kier alpha value is -3.72. The van der Waals surface area contributed by atoms with Crippen LogP contribution in [0, 0.1) is 11.5 Å². The van der Waals surface area contributed by atoms with E-state index in [0.29, 0.717) is 11.8 Å². The Morgan fingerprint density at radius 1 is 0.634 bits per heavy atom. The van der Waals surface area contributed by atoms with E-state index in [2.05, 4.69) is 132 Å². The van der Waals surface area contributed by atoms with Gasteiger partial charge in [0.25, 0.3) is 0 Å². The molecular formula is C38H43N2O. The fourth-order valence-corrected chi connectivity index (χ4v) is 7.31. The third-order valence-electron chi connectivity index (χ3n) is 8.74. The maximum Gasteiger partial charge on any atom is 0.151 e. The minimum absolute atomic E-state index is 0.0154. The Balaban J connectivity index is 1.48. The molecule has 3 nitrogen and oxygen atoms in total. The highest BCUT2D eigenvalue weighted by atomic mass is 16.5. The Kier molecular flexibility index (Phi) is 6.68. The van der Waals surface area contributed by atoms with E-state index in [-0.39, 0.29) is 11.0 Å². The number of rotatable bonds is 5. The molecule has 1 saturated heterocycles. The summed E-state index contributed by atoms with van der Waals surface area (Å²) in [6.45, 7) is 19.0. The second-order valence-electron chi connectivity index (χ2n) is 13.6. The summed E-state index contributed by atoms with van der Waals surface area (Å²) in [5.74, 6) is 2.63. The normalized spacial score (nSPS) is 17.5. The highest BCUT2D eigenvalue weighted by Crippen LogP contribution is 2.58. The Morgan fingerprint density at radius 3 is 1.66 bits per heavy atom. The first kappa shape index (κ1) is 27.4. The quantitative estimate of drug-likeness (QED) is 0.219. The lowest BCUT2D eigenvalue weighted by molar-refractivity contribution is 0.376. The largest absolute Gasteiger partial charge is 0.453 e. The third-order valence-corrected chi connectivity index (χ3v) is 8.74. The molecule has 0 amide bonds. The standard InChI is InChI=1S/C38H43N2O/c1-25(2)29-14-13-15-30(26(3)4)35(29)40-36(37(5,6)24-38(40,7)8)27-20-22-28(23-21-27)39-31-16-9-11-18-33(31)41-34-19-12-10-17-32(34)39/h9-23,25-26H,24H2,1-8H3. The van der Waals surface area contributed by atoms with E-state index in [9.17, 15) is 0 Å². The molecule has 211 valence electrons. The second kappa shape index (κ2) is 9.98. The van der Waals surface area contributed by atoms with E-state index in [4.69, 9.17) is 4.74 Å². The lowest BCUT2D eigenvalue weighted by Gasteiger charge is -2.42. The summed E-state index contributed by atoms with van der Waals surface area (Å²) in [6, 6.07) is 34.1. The minimum Gasteiger partial charge on any atom is -0.453 e. The molecule has 2 aliphatic heterocycles. The van der Waals surface area contributed by atoms with Crippen LogP contribution in [-0.4, -0.2) is 5.54 Å². The third kappa shape index (κ3) is 4.60. The zero-order chi connectivity index (χ0) is 29.1.